The highest BCUT2D eigenvalue weighted by Gasteiger charge is 1.68. The van der Waals surface area contributed by atoms with Crippen LogP contribution in [0.4, 0.5) is 0 Å². The van der Waals surface area contributed by atoms with Crippen molar-refractivity contribution in [3.05, 3.63) is 24.3 Å². The minimum absolute atomic E-state index is 0.151. The Kier molecular flexibility index (Phi) is 9.63. The number of aliphatic hydroxyl groups is 1. The van der Waals surface area contributed by atoms with E-state index in [0.717, 1.165) is 0 Å². The van der Waals surface area contributed by atoms with Crippen LogP contribution in [0.3, 0.4) is 0 Å². The average Bonchev–Trinajstić information content (AvgIpc) is 2.21. The van der Waals surface area contributed by atoms with E-state index in [2.05, 4.69) is 35.5 Å². The third-order valence-corrected chi connectivity index (χ3v) is 1.08. The van der Waals surface area contributed by atoms with Crippen LogP contribution in [0.25, 0.3) is 0 Å². The molecule has 70 valence electrons. The fraction of sp³-hybridized carbons (Fsp3) is 0.231. The normalized spacial score (nSPS) is 8.43. The van der Waals surface area contributed by atoms with E-state index in [1.54, 1.807) is 18.2 Å². The standard InChI is InChI=1S/C13H12O/c1-2-3-4-5-6-7-8-9-10-11-12-13-14/h2-3,10-11,14H,12-13H2,1H3. The van der Waals surface area contributed by atoms with E-state index in [4.69, 9.17) is 5.11 Å². The van der Waals surface area contributed by atoms with Gasteiger partial charge in [0.05, 0.1) is 0 Å². The molecule has 0 aliphatic rings. The van der Waals surface area contributed by atoms with Crippen LogP contribution in [-0.2, 0) is 0 Å². The van der Waals surface area contributed by atoms with Gasteiger partial charge >= 0.3 is 0 Å². The van der Waals surface area contributed by atoms with Crippen LogP contribution in [0.1, 0.15) is 13.3 Å². The molecular weight excluding hydrogens is 172 g/mol. The lowest BCUT2D eigenvalue weighted by atomic mass is 10.4. The van der Waals surface area contributed by atoms with Gasteiger partial charge < -0.3 is 5.11 Å². The van der Waals surface area contributed by atoms with Gasteiger partial charge in [0.1, 0.15) is 0 Å². The van der Waals surface area contributed by atoms with Gasteiger partial charge in [-0.15, -0.1) is 0 Å². The van der Waals surface area contributed by atoms with Crippen LogP contribution in [-0.4, -0.2) is 11.7 Å². The summed E-state index contributed by atoms with van der Waals surface area (Å²) in [6.07, 6.45) is 7.66. The minimum atomic E-state index is 0.151. The van der Waals surface area contributed by atoms with Crippen molar-refractivity contribution in [1.29, 1.82) is 0 Å². The molecule has 0 heterocycles. The van der Waals surface area contributed by atoms with E-state index in [1.807, 2.05) is 13.0 Å². The Balaban J connectivity index is 3.86. The molecule has 0 aliphatic carbocycles. The molecule has 0 saturated heterocycles. The molecule has 0 amide bonds. The highest BCUT2D eigenvalue weighted by Crippen LogP contribution is 1.77. The van der Waals surface area contributed by atoms with Crippen molar-refractivity contribution in [2.24, 2.45) is 0 Å². The molecule has 1 heteroatoms. The third-order valence-electron chi connectivity index (χ3n) is 1.08. The summed E-state index contributed by atoms with van der Waals surface area (Å²) >= 11 is 0. The second kappa shape index (κ2) is 11.1. The number of allylic oxidation sites excluding steroid dienone is 3. The van der Waals surface area contributed by atoms with Gasteiger partial charge in [-0.05, 0) is 49.2 Å². The quantitative estimate of drug-likeness (QED) is 0.645. The molecular formula is C13H12O. The zero-order chi connectivity index (χ0) is 10.5. The van der Waals surface area contributed by atoms with Crippen LogP contribution in [0.15, 0.2) is 24.3 Å². The predicted octanol–water partition coefficient (Wildman–Crippen LogP) is 1.51. The van der Waals surface area contributed by atoms with Crippen molar-refractivity contribution in [2.45, 2.75) is 13.3 Å². The van der Waals surface area contributed by atoms with E-state index in [9.17, 15) is 0 Å². The Hall–Kier alpha value is -1.88. The highest BCUT2D eigenvalue weighted by molar-refractivity contribution is 5.39. The molecule has 0 fully saturated rings. The molecule has 0 spiro atoms. The molecule has 0 unspecified atom stereocenters. The largest absolute Gasteiger partial charge is 0.396 e. The molecule has 1 nitrogen and oxygen atoms in total. The molecule has 0 radical (unpaired) electrons. The van der Waals surface area contributed by atoms with Crippen LogP contribution < -0.4 is 0 Å². The second-order valence-electron chi connectivity index (χ2n) is 2.20. The number of rotatable bonds is 2. The van der Waals surface area contributed by atoms with E-state index in [1.165, 1.54) is 0 Å². The summed E-state index contributed by atoms with van der Waals surface area (Å²) in [6.45, 7) is 2.05. The lowest BCUT2D eigenvalue weighted by molar-refractivity contribution is 0.302. The van der Waals surface area contributed by atoms with Gasteiger partial charge in [-0.1, -0.05) is 24.0 Å². The first kappa shape index (κ1) is 12.1. The molecule has 0 atom stereocenters. The van der Waals surface area contributed by atoms with Crippen LogP contribution in [0.2, 0.25) is 0 Å². The zero-order valence-corrected chi connectivity index (χ0v) is 8.17. The molecule has 1 N–H and O–H groups in total. The molecule has 0 aliphatic heterocycles. The van der Waals surface area contributed by atoms with Gasteiger partial charge in [-0.2, -0.15) is 0 Å². The van der Waals surface area contributed by atoms with Crippen LogP contribution in [0.5, 0.6) is 0 Å². The van der Waals surface area contributed by atoms with E-state index < -0.39 is 0 Å². The maximum atomic E-state index is 8.44. The summed E-state index contributed by atoms with van der Waals surface area (Å²) in [4.78, 5) is 0. The van der Waals surface area contributed by atoms with E-state index >= 15 is 0 Å². The number of aliphatic hydroxyl groups excluding tert-OH is 1. The summed E-state index contributed by atoms with van der Waals surface area (Å²) in [5.41, 5.74) is 0. The summed E-state index contributed by atoms with van der Waals surface area (Å²) < 4.78 is 0. The van der Waals surface area contributed by atoms with Crippen molar-refractivity contribution in [3.63, 3.8) is 0 Å². The van der Waals surface area contributed by atoms with E-state index in [0.29, 0.717) is 6.42 Å². The van der Waals surface area contributed by atoms with Gasteiger partial charge in [0, 0.05) is 6.61 Å². The van der Waals surface area contributed by atoms with Gasteiger partial charge in [0.2, 0.25) is 0 Å². The molecule has 0 rings (SSSR count). The average molecular weight is 184 g/mol. The smallest absolute Gasteiger partial charge is 0.0465 e. The first-order valence-corrected chi connectivity index (χ1v) is 4.30. The van der Waals surface area contributed by atoms with Gasteiger partial charge in [0.25, 0.3) is 0 Å². The maximum Gasteiger partial charge on any atom is 0.0465 e. The van der Waals surface area contributed by atoms with Crippen molar-refractivity contribution in [3.8, 4) is 35.5 Å². The predicted molar refractivity (Wildman–Crippen MR) is 59.0 cm³/mol. The van der Waals surface area contributed by atoms with Gasteiger partial charge in [0.15, 0.2) is 0 Å². The zero-order valence-electron chi connectivity index (χ0n) is 8.17. The molecule has 0 saturated carbocycles. The van der Waals surface area contributed by atoms with Crippen molar-refractivity contribution in [1.82, 2.24) is 0 Å². The fourth-order valence-electron chi connectivity index (χ4n) is 0.518. The Morgan fingerprint density at radius 3 is 2.21 bits per heavy atom. The lowest BCUT2D eigenvalue weighted by Crippen LogP contribution is -1.73. The summed E-state index contributed by atoms with van der Waals surface area (Å²) in [5.74, 6) is 15.9. The summed E-state index contributed by atoms with van der Waals surface area (Å²) in [6, 6.07) is 0. The first-order valence-electron chi connectivity index (χ1n) is 4.30. The van der Waals surface area contributed by atoms with Crippen LogP contribution >= 0.6 is 0 Å². The van der Waals surface area contributed by atoms with Crippen molar-refractivity contribution >= 4 is 0 Å². The Labute approximate surface area is 85.5 Å². The SMILES string of the molecule is CC=CC#CC#CC#CC=CCCO. The van der Waals surface area contributed by atoms with E-state index in [-0.39, 0.29) is 6.61 Å². The first-order chi connectivity index (χ1) is 6.91. The maximum absolute atomic E-state index is 8.44. The van der Waals surface area contributed by atoms with Crippen LogP contribution in [0, 0.1) is 35.5 Å². The summed E-state index contributed by atoms with van der Waals surface area (Å²) in [7, 11) is 0. The molecule has 0 aromatic rings. The van der Waals surface area contributed by atoms with Gasteiger partial charge in [-0.25, -0.2) is 0 Å². The molecule has 14 heavy (non-hydrogen) atoms. The lowest BCUT2D eigenvalue weighted by Gasteiger charge is -1.76. The van der Waals surface area contributed by atoms with Crippen molar-refractivity contribution < 1.29 is 5.11 Å². The number of hydrogen-bond acceptors (Lipinski definition) is 1. The van der Waals surface area contributed by atoms with Crippen molar-refractivity contribution in [2.75, 3.05) is 6.61 Å². The number of hydrogen-bond donors (Lipinski definition) is 1. The topological polar surface area (TPSA) is 20.2 Å². The second-order valence-corrected chi connectivity index (χ2v) is 2.20. The molecule has 0 bridgehead atoms. The Bertz CT molecular complexity index is 367. The fourth-order valence-corrected chi connectivity index (χ4v) is 0.518. The minimum Gasteiger partial charge on any atom is -0.396 e. The molecule has 0 aromatic carbocycles. The Morgan fingerprint density at radius 1 is 1.00 bits per heavy atom. The highest BCUT2D eigenvalue weighted by atomic mass is 16.2. The molecule has 0 aromatic heterocycles. The monoisotopic (exact) mass is 184 g/mol. The van der Waals surface area contributed by atoms with Gasteiger partial charge in [-0.3, -0.25) is 0 Å². The third kappa shape index (κ3) is 10.1. The summed E-state index contributed by atoms with van der Waals surface area (Å²) in [5, 5.41) is 8.44. The Morgan fingerprint density at radius 2 is 1.64 bits per heavy atom.